The highest BCUT2D eigenvalue weighted by molar-refractivity contribution is 5.81. The molecule has 0 saturated carbocycles. The predicted octanol–water partition coefficient (Wildman–Crippen LogP) is 4.35. The zero-order chi connectivity index (χ0) is 18.4. The Morgan fingerprint density at radius 3 is 2.36 bits per heavy atom. The summed E-state index contributed by atoms with van der Waals surface area (Å²) in [6.07, 6.45) is 0.241. The van der Waals surface area contributed by atoms with Gasteiger partial charge in [-0.25, -0.2) is 0 Å². The highest BCUT2D eigenvalue weighted by atomic mass is 16.5. The van der Waals surface area contributed by atoms with Gasteiger partial charge in [-0.05, 0) is 56.5 Å². The van der Waals surface area contributed by atoms with Crippen LogP contribution in [0.2, 0.25) is 0 Å². The number of methoxy groups -OCH3 is 1. The maximum Gasteiger partial charge on any atom is 0.261 e. The second-order valence-electron chi connectivity index (χ2n) is 6.27. The molecule has 1 amide bonds. The molecule has 0 spiro atoms. The molecule has 0 aromatic heterocycles. The van der Waals surface area contributed by atoms with Gasteiger partial charge in [0.1, 0.15) is 11.5 Å². The third-order valence-corrected chi connectivity index (χ3v) is 4.25. The molecule has 0 saturated heterocycles. The van der Waals surface area contributed by atoms with Crippen LogP contribution in [0, 0.1) is 13.8 Å². The molecule has 2 aromatic rings. The second kappa shape index (κ2) is 8.56. The van der Waals surface area contributed by atoms with Crippen LogP contribution in [0.25, 0.3) is 0 Å². The smallest absolute Gasteiger partial charge is 0.261 e. The third-order valence-electron chi connectivity index (χ3n) is 4.25. The van der Waals surface area contributed by atoms with Crippen molar-refractivity contribution in [1.29, 1.82) is 0 Å². The minimum absolute atomic E-state index is 0.0545. The van der Waals surface area contributed by atoms with Crippen molar-refractivity contribution in [2.24, 2.45) is 0 Å². The van der Waals surface area contributed by atoms with Crippen molar-refractivity contribution in [2.75, 3.05) is 7.11 Å². The Balaban J connectivity index is 2.03. The maximum atomic E-state index is 12.5. The average molecular weight is 341 g/mol. The van der Waals surface area contributed by atoms with Gasteiger partial charge in [-0.15, -0.1) is 0 Å². The molecule has 2 atom stereocenters. The van der Waals surface area contributed by atoms with Crippen LogP contribution in [-0.2, 0) is 4.79 Å². The predicted molar refractivity (Wildman–Crippen MR) is 100 cm³/mol. The van der Waals surface area contributed by atoms with Crippen LogP contribution in [0.1, 0.15) is 43.0 Å². The fourth-order valence-electron chi connectivity index (χ4n) is 2.70. The summed E-state index contributed by atoms with van der Waals surface area (Å²) in [5.41, 5.74) is 3.28. The summed E-state index contributed by atoms with van der Waals surface area (Å²) >= 11 is 0. The van der Waals surface area contributed by atoms with Gasteiger partial charge in [0, 0.05) is 0 Å². The molecule has 25 heavy (non-hydrogen) atoms. The van der Waals surface area contributed by atoms with Crippen molar-refractivity contribution in [1.82, 2.24) is 5.32 Å². The zero-order valence-corrected chi connectivity index (χ0v) is 15.6. The summed E-state index contributed by atoms with van der Waals surface area (Å²) in [4.78, 5) is 12.5. The Kier molecular flexibility index (Phi) is 6.45. The summed E-state index contributed by atoms with van der Waals surface area (Å²) in [6.45, 7) is 7.83. The van der Waals surface area contributed by atoms with Gasteiger partial charge in [0.2, 0.25) is 0 Å². The van der Waals surface area contributed by atoms with Crippen LogP contribution in [0.4, 0.5) is 0 Å². The molecule has 0 aliphatic heterocycles. The van der Waals surface area contributed by atoms with E-state index in [9.17, 15) is 4.79 Å². The highest BCUT2D eigenvalue weighted by Gasteiger charge is 2.19. The Morgan fingerprint density at radius 2 is 1.80 bits per heavy atom. The lowest BCUT2D eigenvalue weighted by Gasteiger charge is -2.22. The van der Waals surface area contributed by atoms with E-state index >= 15 is 0 Å². The van der Waals surface area contributed by atoms with Crippen LogP contribution in [-0.4, -0.2) is 19.1 Å². The zero-order valence-electron chi connectivity index (χ0n) is 15.6. The van der Waals surface area contributed by atoms with Crippen LogP contribution in [0.15, 0.2) is 42.5 Å². The van der Waals surface area contributed by atoms with Crippen LogP contribution in [0.5, 0.6) is 11.5 Å². The summed E-state index contributed by atoms with van der Waals surface area (Å²) < 4.78 is 11.0. The maximum absolute atomic E-state index is 12.5. The fraction of sp³-hybridized carbons (Fsp3) is 0.381. The molecule has 4 heteroatoms. The lowest BCUT2D eigenvalue weighted by atomic mass is 10.0. The number of rotatable bonds is 7. The Labute approximate surface area is 150 Å². The van der Waals surface area contributed by atoms with E-state index in [1.54, 1.807) is 14.0 Å². The second-order valence-corrected chi connectivity index (χ2v) is 6.27. The number of ether oxygens (including phenoxy) is 2. The first kappa shape index (κ1) is 18.8. The van der Waals surface area contributed by atoms with E-state index in [4.69, 9.17) is 9.47 Å². The number of hydrogen-bond acceptors (Lipinski definition) is 3. The number of aryl methyl sites for hydroxylation is 2. The molecule has 0 aliphatic carbocycles. The first-order valence-electron chi connectivity index (χ1n) is 8.62. The molecule has 134 valence electrons. The van der Waals surface area contributed by atoms with Gasteiger partial charge in [0.05, 0.1) is 13.2 Å². The Bertz CT molecular complexity index is 710. The largest absolute Gasteiger partial charge is 0.496 e. The summed E-state index contributed by atoms with van der Waals surface area (Å²) in [5, 5.41) is 3.07. The van der Waals surface area contributed by atoms with Crippen LogP contribution < -0.4 is 14.8 Å². The van der Waals surface area contributed by atoms with Gasteiger partial charge in [0.25, 0.3) is 5.91 Å². The van der Waals surface area contributed by atoms with Gasteiger partial charge in [-0.3, -0.25) is 4.79 Å². The van der Waals surface area contributed by atoms with Crippen molar-refractivity contribution in [3.05, 3.63) is 59.2 Å². The minimum Gasteiger partial charge on any atom is -0.496 e. The molecule has 2 aromatic carbocycles. The molecule has 2 unspecified atom stereocenters. The van der Waals surface area contributed by atoms with E-state index in [0.29, 0.717) is 5.75 Å². The molecule has 0 bridgehead atoms. The molecule has 0 radical (unpaired) electrons. The molecule has 0 aliphatic rings. The lowest BCUT2D eigenvalue weighted by Crippen LogP contribution is -2.38. The first-order valence-corrected chi connectivity index (χ1v) is 8.62. The van der Waals surface area contributed by atoms with Gasteiger partial charge < -0.3 is 14.8 Å². The fourth-order valence-corrected chi connectivity index (χ4v) is 2.70. The Hall–Kier alpha value is -2.49. The summed E-state index contributed by atoms with van der Waals surface area (Å²) in [7, 11) is 1.66. The number of nitrogens with one attached hydrogen (secondary N) is 1. The summed E-state index contributed by atoms with van der Waals surface area (Å²) in [5.74, 6) is 1.42. The van der Waals surface area contributed by atoms with Crippen molar-refractivity contribution < 1.29 is 14.3 Å². The van der Waals surface area contributed by atoms with Gasteiger partial charge in [0.15, 0.2) is 6.10 Å². The number of amides is 1. The molecule has 1 N–H and O–H groups in total. The van der Waals surface area contributed by atoms with E-state index in [-0.39, 0.29) is 11.9 Å². The van der Waals surface area contributed by atoms with Gasteiger partial charge >= 0.3 is 0 Å². The van der Waals surface area contributed by atoms with E-state index in [1.807, 2.05) is 50.2 Å². The van der Waals surface area contributed by atoms with Gasteiger partial charge in [-0.2, -0.15) is 0 Å². The van der Waals surface area contributed by atoms with Crippen molar-refractivity contribution in [3.8, 4) is 11.5 Å². The monoisotopic (exact) mass is 341 g/mol. The Morgan fingerprint density at radius 1 is 1.12 bits per heavy atom. The molecule has 0 fully saturated rings. The van der Waals surface area contributed by atoms with E-state index < -0.39 is 6.10 Å². The molecule has 0 heterocycles. The van der Waals surface area contributed by atoms with Crippen molar-refractivity contribution in [3.63, 3.8) is 0 Å². The van der Waals surface area contributed by atoms with Crippen LogP contribution in [0.3, 0.4) is 0 Å². The van der Waals surface area contributed by atoms with E-state index in [2.05, 4.69) is 18.3 Å². The van der Waals surface area contributed by atoms with E-state index in [1.165, 1.54) is 0 Å². The number of carbonyl (C=O) groups excluding carboxylic acids is 1. The summed E-state index contributed by atoms with van der Waals surface area (Å²) in [6, 6.07) is 13.6. The molecular formula is C21H27NO3. The molecule has 4 nitrogen and oxygen atoms in total. The van der Waals surface area contributed by atoms with Crippen molar-refractivity contribution >= 4 is 5.91 Å². The number of benzene rings is 2. The third kappa shape index (κ3) is 4.99. The number of hydrogen-bond donors (Lipinski definition) is 1. The lowest BCUT2D eigenvalue weighted by molar-refractivity contribution is -0.128. The first-order chi connectivity index (χ1) is 11.9. The average Bonchev–Trinajstić information content (AvgIpc) is 2.61. The SMILES string of the molecule is CCC(NC(=O)C(C)Oc1ccc(C)cc1)c1ccc(OC)c(C)c1. The molecule has 2 rings (SSSR count). The van der Waals surface area contributed by atoms with Gasteiger partial charge in [-0.1, -0.05) is 36.8 Å². The highest BCUT2D eigenvalue weighted by Crippen LogP contribution is 2.24. The van der Waals surface area contributed by atoms with Crippen LogP contribution >= 0.6 is 0 Å². The minimum atomic E-state index is -0.559. The molecular weight excluding hydrogens is 314 g/mol. The quantitative estimate of drug-likeness (QED) is 0.814. The normalized spacial score (nSPS) is 13.0. The standard InChI is InChI=1S/C21H27NO3/c1-6-19(17-9-12-20(24-5)15(3)13-17)22-21(23)16(4)25-18-10-7-14(2)8-11-18/h7-13,16,19H,6H2,1-5H3,(H,22,23). The van der Waals surface area contributed by atoms with Crippen molar-refractivity contribution in [2.45, 2.75) is 46.3 Å². The van der Waals surface area contributed by atoms with E-state index in [0.717, 1.165) is 28.9 Å². The topological polar surface area (TPSA) is 47.6 Å². The number of carbonyl (C=O) groups is 1.